The SMILES string of the molecule is CCN(C)C(=O)C(C)NC1CC2CC1C1CCCC21. The van der Waals surface area contributed by atoms with Crippen molar-refractivity contribution in [3.8, 4) is 0 Å². The molecule has 3 heteroatoms. The van der Waals surface area contributed by atoms with Gasteiger partial charge >= 0.3 is 0 Å². The van der Waals surface area contributed by atoms with E-state index in [1.165, 1.54) is 32.1 Å². The lowest BCUT2D eigenvalue weighted by Crippen LogP contribution is -2.50. The molecule has 0 aromatic heterocycles. The zero-order valence-corrected chi connectivity index (χ0v) is 12.6. The highest BCUT2D eigenvalue weighted by molar-refractivity contribution is 5.81. The van der Waals surface area contributed by atoms with Gasteiger partial charge in [0.2, 0.25) is 5.91 Å². The zero-order chi connectivity index (χ0) is 13.6. The molecule has 6 unspecified atom stereocenters. The Morgan fingerprint density at radius 3 is 2.74 bits per heavy atom. The van der Waals surface area contributed by atoms with Crippen LogP contribution in [0.25, 0.3) is 0 Å². The first-order chi connectivity index (χ1) is 9.11. The first-order valence-electron chi connectivity index (χ1n) is 8.12. The lowest BCUT2D eigenvalue weighted by molar-refractivity contribution is -0.131. The van der Waals surface area contributed by atoms with Gasteiger partial charge < -0.3 is 10.2 Å². The minimum atomic E-state index is -0.0193. The molecule has 3 aliphatic rings. The molecule has 1 amide bonds. The number of nitrogens with one attached hydrogen (secondary N) is 1. The van der Waals surface area contributed by atoms with E-state index in [-0.39, 0.29) is 11.9 Å². The Morgan fingerprint density at radius 2 is 2.00 bits per heavy atom. The van der Waals surface area contributed by atoms with Crippen LogP contribution in [0.15, 0.2) is 0 Å². The largest absolute Gasteiger partial charge is 0.345 e. The number of hydrogen-bond acceptors (Lipinski definition) is 2. The van der Waals surface area contributed by atoms with Crippen molar-refractivity contribution in [2.24, 2.45) is 23.7 Å². The topological polar surface area (TPSA) is 32.3 Å². The number of rotatable bonds is 4. The molecule has 0 radical (unpaired) electrons. The molecule has 0 saturated heterocycles. The van der Waals surface area contributed by atoms with E-state index in [4.69, 9.17) is 0 Å². The van der Waals surface area contributed by atoms with E-state index < -0.39 is 0 Å². The third kappa shape index (κ3) is 2.20. The van der Waals surface area contributed by atoms with Crippen molar-refractivity contribution in [2.45, 2.75) is 58.0 Å². The number of carbonyl (C=O) groups is 1. The van der Waals surface area contributed by atoms with Gasteiger partial charge in [-0.3, -0.25) is 4.79 Å². The molecule has 3 saturated carbocycles. The highest BCUT2D eigenvalue weighted by Gasteiger charge is 2.53. The van der Waals surface area contributed by atoms with Crippen LogP contribution in [0.4, 0.5) is 0 Å². The summed E-state index contributed by atoms with van der Waals surface area (Å²) in [5.41, 5.74) is 0. The molecule has 3 fully saturated rings. The summed E-state index contributed by atoms with van der Waals surface area (Å²) in [6.07, 6.45) is 7.12. The van der Waals surface area contributed by atoms with Crippen LogP contribution in [-0.2, 0) is 4.79 Å². The number of carbonyl (C=O) groups excluding carboxylic acids is 1. The summed E-state index contributed by atoms with van der Waals surface area (Å²) in [5.74, 6) is 4.07. The molecule has 3 aliphatic carbocycles. The summed E-state index contributed by atoms with van der Waals surface area (Å²) >= 11 is 0. The molecule has 3 nitrogen and oxygen atoms in total. The van der Waals surface area contributed by atoms with Gasteiger partial charge in [0, 0.05) is 19.6 Å². The minimum Gasteiger partial charge on any atom is -0.345 e. The first kappa shape index (κ1) is 13.4. The van der Waals surface area contributed by atoms with Crippen molar-refractivity contribution in [2.75, 3.05) is 13.6 Å². The second-order valence-electron chi connectivity index (χ2n) is 7.00. The van der Waals surface area contributed by atoms with Gasteiger partial charge in [0.05, 0.1) is 6.04 Å². The third-order valence-electron chi connectivity index (χ3n) is 6.11. The number of hydrogen-bond donors (Lipinski definition) is 1. The maximum absolute atomic E-state index is 12.2. The molecule has 0 aromatic rings. The average Bonchev–Trinajstić information content (AvgIpc) is 3.08. The van der Waals surface area contributed by atoms with E-state index in [1.54, 1.807) is 0 Å². The molecular formula is C16H28N2O. The quantitative estimate of drug-likeness (QED) is 0.845. The first-order valence-corrected chi connectivity index (χ1v) is 8.12. The van der Waals surface area contributed by atoms with Gasteiger partial charge in [0.25, 0.3) is 0 Å². The third-order valence-corrected chi connectivity index (χ3v) is 6.11. The molecule has 108 valence electrons. The van der Waals surface area contributed by atoms with E-state index in [0.717, 1.165) is 30.2 Å². The van der Waals surface area contributed by atoms with Crippen molar-refractivity contribution < 1.29 is 4.79 Å². The summed E-state index contributed by atoms with van der Waals surface area (Å²) in [5, 5.41) is 3.65. The predicted molar refractivity (Wildman–Crippen MR) is 76.7 cm³/mol. The van der Waals surface area contributed by atoms with Crippen LogP contribution < -0.4 is 5.32 Å². The Balaban J connectivity index is 1.58. The van der Waals surface area contributed by atoms with Gasteiger partial charge in [-0.15, -0.1) is 0 Å². The second kappa shape index (κ2) is 5.08. The number of fused-ring (bicyclic) bond motifs is 5. The van der Waals surface area contributed by atoms with Gasteiger partial charge in [-0.25, -0.2) is 0 Å². The molecule has 0 aromatic carbocycles. The summed E-state index contributed by atoms with van der Waals surface area (Å²) in [6.45, 7) is 4.87. The Bertz CT molecular complexity index is 357. The van der Waals surface area contributed by atoms with Crippen LogP contribution in [0.5, 0.6) is 0 Å². The predicted octanol–water partition coefficient (Wildman–Crippen LogP) is 2.27. The molecular weight excluding hydrogens is 236 g/mol. The number of nitrogens with zero attached hydrogens (tertiary/aromatic N) is 1. The van der Waals surface area contributed by atoms with E-state index >= 15 is 0 Å². The molecule has 3 rings (SSSR count). The maximum Gasteiger partial charge on any atom is 0.239 e. The van der Waals surface area contributed by atoms with E-state index in [9.17, 15) is 4.79 Å². The summed E-state index contributed by atoms with van der Waals surface area (Å²) < 4.78 is 0. The Labute approximate surface area is 117 Å². The zero-order valence-electron chi connectivity index (χ0n) is 12.6. The van der Waals surface area contributed by atoms with Crippen LogP contribution in [0.2, 0.25) is 0 Å². The lowest BCUT2D eigenvalue weighted by atomic mass is 9.79. The van der Waals surface area contributed by atoms with E-state index in [0.29, 0.717) is 6.04 Å². The Kier molecular flexibility index (Phi) is 3.59. The molecule has 0 heterocycles. The normalized spacial score (nSPS) is 41.3. The molecule has 0 aliphatic heterocycles. The fraction of sp³-hybridized carbons (Fsp3) is 0.938. The molecule has 1 N–H and O–H groups in total. The average molecular weight is 264 g/mol. The van der Waals surface area contributed by atoms with Gasteiger partial charge in [-0.2, -0.15) is 0 Å². The highest BCUT2D eigenvalue weighted by Crippen LogP contribution is 2.58. The lowest BCUT2D eigenvalue weighted by Gasteiger charge is -2.34. The highest BCUT2D eigenvalue weighted by atomic mass is 16.2. The minimum absolute atomic E-state index is 0.0193. The van der Waals surface area contributed by atoms with E-state index in [2.05, 4.69) is 5.32 Å². The molecule has 0 spiro atoms. The monoisotopic (exact) mass is 264 g/mol. The smallest absolute Gasteiger partial charge is 0.239 e. The van der Waals surface area contributed by atoms with Crippen LogP contribution in [0.3, 0.4) is 0 Å². The van der Waals surface area contributed by atoms with Crippen LogP contribution in [0, 0.1) is 23.7 Å². The fourth-order valence-electron chi connectivity index (χ4n) is 5.14. The van der Waals surface area contributed by atoms with Crippen molar-refractivity contribution >= 4 is 5.91 Å². The van der Waals surface area contributed by atoms with Gasteiger partial charge in [0.15, 0.2) is 0 Å². The van der Waals surface area contributed by atoms with Crippen LogP contribution >= 0.6 is 0 Å². The Hall–Kier alpha value is -0.570. The van der Waals surface area contributed by atoms with Gasteiger partial charge in [-0.05, 0) is 63.2 Å². The number of amides is 1. The van der Waals surface area contributed by atoms with Crippen LogP contribution in [-0.4, -0.2) is 36.5 Å². The standard InChI is InChI=1S/C16H28N2O/c1-4-18(3)16(19)10(2)17-15-9-11-8-14(15)13-7-5-6-12(11)13/h10-15,17H,4-9H2,1-3H3. The van der Waals surface area contributed by atoms with Crippen LogP contribution in [0.1, 0.15) is 46.0 Å². The summed E-state index contributed by atoms with van der Waals surface area (Å²) in [6, 6.07) is 0.586. The Morgan fingerprint density at radius 1 is 1.26 bits per heavy atom. The van der Waals surface area contributed by atoms with Gasteiger partial charge in [0.1, 0.15) is 0 Å². The number of likely N-dealkylation sites (N-methyl/N-ethyl adjacent to an activating group) is 1. The maximum atomic E-state index is 12.2. The second-order valence-corrected chi connectivity index (χ2v) is 7.00. The van der Waals surface area contributed by atoms with E-state index in [1.807, 2.05) is 25.8 Å². The van der Waals surface area contributed by atoms with Crippen molar-refractivity contribution in [3.05, 3.63) is 0 Å². The van der Waals surface area contributed by atoms with Crippen molar-refractivity contribution in [3.63, 3.8) is 0 Å². The summed E-state index contributed by atoms with van der Waals surface area (Å²) in [7, 11) is 1.90. The van der Waals surface area contributed by atoms with Gasteiger partial charge in [-0.1, -0.05) is 6.42 Å². The molecule has 6 atom stereocenters. The molecule has 19 heavy (non-hydrogen) atoms. The fourth-order valence-corrected chi connectivity index (χ4v) is 5.14. The van der Waals surface area contributed by atoms with Crippen molar-refractivity contribution in [1.82, 2.24) is 10.2 Å². The molecule has 2 bridgehead atoms. The summed E-state index contributed by atoms with van der Waals surface area (Å²) in [4.78, 5) is 14.0. The van der Waals surface area contributed by atoms with Crippen molar-refractivity contribution in [1.29, 1.82) is 0 Å².